The van der Waals surface area contributed by atoms with Crippen LogP contribution in [0.4, 0.5) is 11.6 Å². The summed E-state index contributed by atoms with van der Waals surface area (Å²) in [7, 11) is 0. The van der Waals surface area contributed by atoms with E-state index in [9.17, 15) is 9.59 Å². The van der Waals surface area contributed by atoms with Crippen LogP contribution in [0.15, 0.2) is 48.5 Å². The van der Waals surface area contributed by atoms with Gasteiger partial charge in [0.2, 0.25) is 0 Å². The van der Waals surface area contributed by atoms with E-state index < -0.39 is 0 Å². The average Bonchev–Trinajstić information content (AvgIpc) is 2.60. The number of aromatic nitrogens is 2. The van der Waals surface area contributed by atoms with Crippen LogP contribution in [0, 0.1) is 27.7 Å². The summed E-state index contributed by atoms with van der Waals surface area (Å²) in [6.45, 7) is 7.62. The fourth-order valence-electron chi connectivity index (χ4n) is 2.99. The van der Waals surface area contributed by atoms with Crippen molar-refractivity contribution in [2.75, 3.05) is 10.6 Å². The van der Waals surface area contributed by atoms with Crippen molar-refractivity contribution < 1.29 is 9.59 Å². The Labute approximate surface area is 164 Å². The van der Waals surface area contributed by atoms with Crippen molar-refractivity contribution in [2.24, 2.45) is 0 Å². The lowest BCUT2D eigenvalue weighted by atomic mass is 10.1. The van der Waals surface area contributed by atoms with Crippen LogP contribution in [0.2, 0.25) is 0 Å². The first-order valence-electron chi connectivity index (χ1n) is 8.93. The Kier molecular flexibility index (Phi) is 5.49. The van der Waals surface area contributed by atoms with Gasteiger partial charge in [-0.05, 0) is 81.3 Å². The average molecular weight is 374 g/mol. The molecule has 2 N–H and O–H groups in total. The number of carbonyl (C=O) groups excluding carboxylic acids is 2. The van der Waals surface area contributed by atoms with Gasteiger partial charge in [-0.25, -0.2) is 9.97 Å². The van der Waals surface area contributed by atoms with E-state index in [2.05, 4.69) is 20.6 Å². The zero-order valence-corrected chi connectivity index (χ0v) is 16.3. The van der Waals surface area contributed by atoms with Crippen LogP contribution in [-0.4, -0.2) is 21.8 Å². The number of rotatable bonds is 4. The Hall–Kier alpha value is -3.54. The van der Waals surface area contributed by atoms with E-state index in [1.807, 2.05) is 39.8 Å². The van der Waals surface area contributed by atoms with Crippen molar-refractivity contribution in [3.05, 3.63) is 82.2 Å². The van der Waals surface area contributed by atoms with E-state index in [0.717, 1.165) is 22.5 Å². The number of pyridine rings is 2. The standard InChI is InChI=1S/C22H22N4O2/c1-13-8-15(3)23-19(10-13)25-21(27)17-6-5-7-18(12-17)22(28)26-20-11-14(2)9-16(4)24-20/h5-12H,1-4H3,(H,23,25,27)(H,24,26,28). The first-order chi connectivity index (χ1) is 13.3. The summed E-state index contributed by atoms with van der Waals surface area (Å²) in [6.07, 6.45) is 0. The van der Waals surface area contributed by atoms with E-state index in [1.54, 1.807) is 36.4 Å². The number of aryl methyl sites for hydroxylation is 4. The van der Waals surface area contributed by atoms with Gasteiger partial charge in [0, 0.05) is 22.5 Å². The molecule has 6 heteroatoms. The number of carbonyl (C=O) groups is 2. The van der Waals surface area contributed by atoms with Gasteiger partial charge in [-0.1, -0.05) is 6.07 Å². The van der Waals surface area contributed by atoms with Crippen molar-refractivity contribution in [2.45, 2.75) is 27.7 Å². The Morgan fingerprint density at radius 3 is 1.50 bits per heavy atom. The van der Waals surface area contributed by atoms with Crippen molar-refractivity contribution in [3.8, 4) is 0 Å². The molecule has 3 aromatic rings. The van der Waals surface area contributed by atoms with E-state index >= 15 is 0 Å². The van der Waals surface area contributed by atoms with Crippen LogP contribution in [-0.2, 0) is 0 Å². The molecule has 0 aliphatic heterocycles. The van der Waals surface area contributed by atoms with Crippen LogP contribution in [0.25, 0.3) is 0 Å². The van der Waals surface area contributed by atoms with Crippen LogP contribution >= 0.6 is 0 Å². The minimum Gasteiger partial charge on any atom is -0.307 e. The molecule has 0 atom stereocenters. The number of nitrogens with one attached hydrogen (secondary N) is 2. The van der Waals surface area contributed by atoms with Gasteiger partial charge >= 0.3 is 0 Å². The van der Waals surface area contributed by atoms with Gasteiger partial charge in [-0.15, -0.1) is 0 Å². The normalized spacial score (nSPS) is 10.4. The molecule has 0 radical (unpaired) electrons. The Bertz CT molecular complexity index is 939. The molecule has 0 unspecified atom stereocenters. The Morgan fingerprint density at radius 2 is 1.11 bits per heavy atom. The second-order valence-electron chi connectivity index (χ2n) is 6.83. The highest BCUT2D eigenvalue weighted by Gasteiger charge is 2.12. The van der Waals surface area contributed by atoms with Gasteiger partial charge < -0.3 is 10.6 Å². The van der Waals surface area contributed by atoms with Crippen LogP contribution in [0.3, 0.4) is 0 Å². The zero-order chi connectivity index (χ0) is 20.3. The molecule has 0 saturated carbocycles. The van der Waals surface area contributed by atoms with E-state index in [0.29, 0.717) is 22.8 Å². The van der Waals surface area contributed by atoms with Crippen molar-refractivity contribution in [1.29, 1.82) is 0 Å². The summed E-state index contributed by atoms with van der Waals surface area (Å²) in [5, 5.41) is 5.55. The number of benzene rings is 1. The minimum atomic E-state index is -0.323. The fourth-order valence-corrected chi connectivity index (χ4v) is 2.99. The van der Waals surface area contributed by atoms with E-state index in [4.69, 9.17) is 0 Å². The van der Waals surface area contributed by atoms with Gasteiger partial charge in [0.05, 0.1) is 0 Å². The smallest absolute Gasteiger partial charge is 0.256 e. The quantitative estimate of drug-likeness (QED) is 0.716. The van der Waals surface area contributed by atoms with Gasteiger partial charge in [0.25, 0.3) is 11.8 Å². The molecule has 1 aromatic carbocycles. The third-order valence-corrected chi connectivity index (χ3v) is 4.07. The molecule has 0 bridgehead atoms. The number of hydrogen-bond donors (Lipinski definition) is 2. The SMILES string of the molecule is Cc1cc(C)nc(NC(=O)c2cccc(C(=O)Nc3cc(C)cc(C)n3)c2)c1. The molecule has 0 spiro atoms. The molecule has 0 aliphatic rings. The van der Waals surface area contributed by atoms with E-state index in [1.165, 1.54) is 0 Å². The van der Waals surface area contributed by atoms with Crippen LogP contribution in [0.5, 0.6) is 0 Å². The molecule has 3 rings (SSSR count). The molecule has 2 aromatic heterocycles. The molecule has 28 heavy (non-hydrogen) atoms. The van der Waals surface area contributed by atoms with Gasteiger partial charge in [-0.2, -0.15) is 0 Å². The molecule has 6 nitrogen and oxygen atoms in total. The van der Waals surface area contributed by atoms with Gasteiger partial charge in [-0.3, -0.25) is 9.59 Å². The number of anilines is 2. The van der Waals surface area contributed by atoms with Gasteiger partial charge in [0.1, 0.15) is 11.6 Å². The summed E-state index contributed by atoms with van der Waals surface area (Å²) in [5.74, 6) is 0.321. The highest BCUT2D eigenvalue weighted by atomic mass is 16.2. The second kappa shape index (κ2) is 8.00. The molecule has 0 saturated heterocycles. The first-order valence-corrected chi connectivity index (χ1v) is 8.93. The van der Waals surface area contributed by atoms with Crippen molar-refractivity contribution in [3.63, 3.8) is 0 Å². The maximum Gasteiger partial charge on any atom is 0.256 e. The van der Waals surface area contributed by atoms with Crippen molar-refractivity contribution >= 4 is 23.5 Å². The summed E-state index contributed by atoms with van der Waals surface area (Å²) in [4.78, 5) is 33.7. The topological polar surface area (TPSA) is 84.0 Å². The molecule has 142 valence electrons. The number of amides is 2. The highest BCUT2D eigenvalue weighted by molar-refractivity contribution is 6.08. The minimum absolute atomic E-state index is 0.323. The Morgan fingerprint density at radius 1 is 0.679 bits per heavy atom. The summed E-state index contributed by atoms with van der Waals surface area (Å²) in [6, 6.07) is 14.0. The Balaban J connectivity index is 1.77. The van der Waals surface area contributed by atoms with Gasteiger partial charge in [0.15, 0.2) is 0 Å². The number of nitrogens with zero attached hydrogens (tertiary/aromatic N) is 2. The lowest BCUT2D eigenvalue weighted by Gasteiger charge is -2.09. The van der Waals surface area contributed by atoms with Crippen molar-refractivity contribution in [1.82, 2.24) is 9.97 Å². The first kappa shape index (κ1) is 19.2. The molecule has 0 aliphatic carbocycles. The predicted octanol–water partition coefficient (Wildman–Crippen LogP) is 4.21. The summed E-state index contributed by atoms with van der Waals surface area (Å²) < 4.78 is 0. The zero-order valence-electron chi connectivity index (χ0n) is 16.3. The maximum atomic E-state index is 12.6. The summed E-state index contributed by atoms with van der Waals surface area (Å²) in [5.41, 5.74) is 4.42. The summed E-state index contributed by atoms with van der Waals surface area (Å²) >= 11 is 0. The predicted molar refractivity (Wildman–Crippen MR) is 110 cm³/mol. The van der Waals surface area contributed by atoms with E-state index in [-0.39, 0.29) is 11.8 Å². The number of hydrogen-bond acceptors (Lipinski definition) is 4. The molecule has 0 fully saturated rings. The van der Waals surface area contributed by atoms with Crippen LogP contribution in [0.1, 0.15) is 43.2 Å². The third kappa shape index (κ3) is 4.79. The maximum absolute atomic E-state index is 12.6. The highest BCUT2D eigenvalue weighted by Crippen LogP contribution is 2.14. The molecular formula is C22H22N4O2. The molecule has 2 amide bonds. The monoisotopic (exact) mass is 374 g/mol. The molecule has 2 heterocycles. The largest absolute Gasteiger partial charge is 0.307 e. The molecular weight excluding hydrogens is 352 g/mol. The third-order valence-electron chi connectivity index (χ3n) is 4.07. The van der Waals surface area contributed by atoms with Crippen LogP contribution < -0.4 is 10.6 Å². The second-order valence-corrected chi connectivity index (χ2v) is 6.83. The lowest BCUT2D eigenvalue weighted by Crippen LogP contribution is -2.17. The lowest BCUT2D eigenvalue weighted by molar-refractivity contribution is 0.102. The fraction of sp³-hybridized carbons (Fsp3) is 0.182.